The van der Waals surface area contributed by atoms with Crippen molar-refractivity contribution >= 4 is 5.91 Å². The first kappa shape index (κ1) is 13.1. The van der Waals surface area contributed by atoms with Gasteiger partial charge in [0.2, 0.25) is 5.91 Å². The smallest absolute Gasteiger partial charge is 0.236 e. The van der Waals surface area contributed by atoms with E-state index in [1.165, 1.54) is 11.1 Å². The second kappa shape index (κ2) is 5.98. The van der Waals surface area contributed by atoms with Gasteiger partial charge in [0.1, 0.15) is 0 Å². The molecule has 1 saturated heterocycles. The summed E-state index contributed by atoms with van der Waals surface area (Å²) >= 11 is 0. The maximum atomic E-state index is 11.8. The Bertz CT molecular complexity index is 402. The van der Waals surface area contributed by atoms with E-state index in [0.29, 0.717) is 0 Å². The van der Waals surface area contributed by atoms with Crippen LogP contribution in [0.5, 0.6) is 0 Å². The molecule has 4 heteroatoms. The topological polar surface area (TPSA) is 58.4 Å². The van der Waals surface area contributed by atoms with Crippen LogP contribution in [-0.4, -0.2) is 37.0 Å². The van der Waals surface area contributed by atoms with E-state index in [4.69, 9.17) is 5.73 Å². The molecule has 0 aliphatic carbocycles. The molecule has 2 rings (SSSR count). The number of aryl methyl sites for hydroxylation is 1. The van der Waals surface area contributed by atoms with Crippen molar-refractivity contribution in [2.75, 3.05) is 26.2 Å². The van der Waals surface area contributed by atoms with Crippen molar-refractivity contribution in [1.82, 2.24) is 10.2 Å². The van der Waals surface area contributed by atoms with Crippen LogP contribution in [0.25, 0.3) is 0 Å². The maximum absolute atomic E-state index is 11.8. The molecule has 1 heterocycles. The van der Waals surface area contributed by atoms with Gasteiger partial charge in [-0.25, -0.2) is 0 Å². The molecule has 18 heavy (non-hydrogen) atoms. The highest BCUT2D eigenvalue weighted by atomic mass is 16.2. The predicted molar refractivity (Wildman–Crippen MR) is 72.2 cm³/mol. The standard InChI is InChI=1S/C14H21N3O/c1-2-11-3-5-12(6-4-11)13-10-16-7-8-17(13)14(18)9-15/h3-6,13,16H,2,7-10,15H2,1H3. The van der Waals surface area contributed by atoms with E-state index < -0.39 is 0 Å². The van der Waals surface area contributed by atoms with Crippen molar-refractivity contribution in [3.8, 4) is 0 Å². The molecule has 1 fully saturated rings. The molecule has 0 bridgehead atoms. The molecule has 0 aromatic heterocycles. The van der Waals surface area contributed by atoms with Crippen LogP contribution in [0.2, 0.25) is 0 Å². The quantitative estimate of drug-likeness (QED) is 0.826. The van der Waals surface area contributed by atoms with Crippen LogP contribution in [0.15, 0.2) is 24.3 Å². The van der Waals surface area contributed by atoms with Crippen LogP contribution in [0, 0.1) is 0 Å². The first-order valence-corrected chi connectivity index (χ1v) is 6.55. The number of amides is 1. The van der Waals surface area contributed by atoms with Gasteiger partial charge in [-0.2, -0.15) is 0 Å². The third kappa shape index (κ3) is 2.71. The number of rotatable bonds is 3. The van der Waals surface area contributed by atoms with Crippen molar-refractivity contribution in [2.45, 2.75) is 19.4 Å². The van der Waals surface area contributed by atoms with Crippen molar-refractivity contribution in [3.63, 3.8) is 0 Å². The third-order valence-electron chi connectivity index (χ3n) is 3.51. The van der Waals surface area contributed by atoms with Crippen molar-refractivity contribution in [2.24, 2.45) is 5.73 Å². The monoisotopic (exact) mass is 247 g/mol. The first-order chi connectivity index (χ1) is 8.76. The number of hydrogen-bond acceptors (Lipinski definition) is 3. The largest absolute Gasteiger partial charge is 0.332 e. The summed E-state index contributed by atoms with van der Waals surface area (Å²) in [4.78, 5) is 13.7. The number of hydrogen-bond donors (Lipinski definition) is 2. The van der Waals surface area contributed by atoms with Gasteiger partial charge in [0.15, 0.2) is 0 Å². The predicted octanol–water partition coefficient (Wildman–Crippen LogP) is 0.681. The van der Waals surface area contributed by atoms with E-state index in [0.717, 1.165) is 26.1 Å². The third-order valence-corrected chi connectivity index (χ3v) is 3.51. The minimum Gasteiger partial charge on any atom is -0.332 e. The highest BCUT2D eigenvalue weighted by Crippen LogP contribution is 2.22. The fraction of sp³-hybridized carbons (Fsp3) is 0.500. The van der Waals surface area contributed by atoms with Crippen molar-refractivity contribution < 1.29 is 4.79 Å². The molecule has 1 atom stereocenters. The zero-order valence-corrected chi connectivity index (χ0v) is 10.9. The highest BCUT2D eigenvalue weighted by Gasteiger charge is 2.26. The van der Waals surface area contributed by atoms with E-state index >= 15 is 0 Å². The maximum Gasteiger partial charge on any atom is 0.236 e. The highest BCUT2D eigenvalue weighted by molar-refractivity contribution is 5.78. The van der Waals surface area contributed by atoms with Gasteiger partial charge in [-0.15, -0.1) is 0 Å². The number of carbonyl (C=O) groups is 1. The summed E-state index contributed by atoms with van der Waals surface area (Å²) in [5, 5.41) is 3.34. The Hall–Kier alpha value is -1.39. The molecule has 1 aliphatic heterocycles. The molecule has 3 N–H and O–H groups in total. The van der Waals surface area contributed by atoms with E-state index in [1.54, 1.807) is 0 Å². The van der Waals surface area contributed by atoms with Gasteiger partial charge in [0.05, 0.1) is 12.6 Å². The lowest BCUT2D eigenvalue weighted by Gasteiger charge is -2.36. The number of benzene rings is 1. The molecule has 0 saturated carbocycles. The van der Waals surface area contributed by atoms with Gasteiger partial charge in [0, 0.05) is 19.6 Å². The van der Waals surface area contributed by atoms with E-state index in [9.17, 15) is 4.79 Å². The summed E-state index contributed by atoms with van der Waals surface area (Å²) < 4.78 is 0. The molecular weight excluding hydrogens is 226 g/mol. The first-order valence-electron chi connectivity index (χ1n) is 6.55. The second-order valence-electron chi connectivity index (χ2n) is 4.61. The fourth-order valence-corrected chi connectivity index (χ4v) is 2.39. The van der Waals surface area contributed by atoms with Gasteiger partial charge in [-0.1, -0.05) is 31.2 Å². The van der Waals surface area contributed by atoms with E-state index in [2.05, 4.69) is 36.5 Å². The summed E-state index contributed by atoms with van der Waals surface area (Å²) in [6, 6.07) is 8.62. The van der Waals surface area contributed by atoms with Crippen LogP contribution in [-0.2, 0) is 11.2 Å². The molecule has 1 amide bonds. The average Bonchev–Trinajstić information content (AvgIpc) is 2.46. The van der Waals surface area contributed by atoms with Gasteiger partial charge < -0.3 is 16.0 Å². The Morgan fingerprint density at radius 3 is 2.78 bits per heavy atom. The number of nitrogens with one attached hydrogen (secondary N) is 1. The Morgan fingerprint density at radius 1 is 1.44 bits per heavy atom. The molecular formula is C14H21N3O. The van der Waals surface area contributed by atoms with Crippen LogP contribution in [0.4, 0.5) is 0 Å². The molecule has 1 aliphatic rings. The van der Waals surface area contributed by atoms with Crippen LogP contribution in [0.1, 0.15) is 24.1 Å². The van der Waals surface area contributed by atoms with E-state index in [1.807, 2.05) is 4.90 Å². The molecule has 0 spiro atoms. The van der Waals surface area contributed by atoms with Crippen molar-refractivity contribution in [3.05, 3.63) is 35.4 Å². The fourth-order valence-electron chi connectivity index (χ4n) is 2.39. The minimum absolute atomic E-state index is 0.0288. The van der Waals surface area contributed by atoms with Gasteiger partial charge in [0.25, 0.3) is 0 Å². The minimum atomic E-state index is 0.0288. The van der Waals surface area contributed by atoms with Gasteiger partial charge in [-0.3, -0.25) is 4.79 Å². The Morgan fingerprint density at radius 2 is 2.17 bits per heavy atom. The normalized spacial score (nSPS) is 19.9. The molecule has 0 radical (unpaired) electrons. The second-order valence-corrected chi connectivity index (χ2v) is 4.61. The summed E-state index contributed by atoms with van der Waals surface area (Å²) in [6.45, 7) is 4.60. The summed E-state index contributed by atoms with van der Waals surface area (Å²) in [7, 11) is 0. The molecule has 1 aromatic rings. The Kier molecular flexibility index (Phi) is 4.33. The zero-order valence-electron chi connectivity index (χ0n) is 10.9. The van der Waals surface area contributed by atoms with Gasteiger partial charge in [-0.05, 0) is 17.5 Å². The lowest BCUT2D eigenvalue weighted by Crippen LogP contribution is -2.50. The number of nitrogens with two attached hydrogens (primary N) is 1. The lowest BCUT2D eigenvalue weighted by molar-refractivity contribution is -0.133. The van der Waals surface area contributed by atoms with Crippen LogP contribution in [0.3, 0.4) is 0 Å². The van der Waals surface area contributed by atoms with Crippen molar-refractivity contribution in [1.29, 1.82) is 0 Å². The molecule has 1 aromatic carbocycles. The number of piperazine rings is 1. The Labute approximate surface area is 108 Å². The molecule has 98 valence electrons. The average molecular weight is 247 g/mol. The molecule has 4 nitrogen and oxygen atoms in total. The number of nitrogens with zero attached hydrogens (tertiary/aromatic N) is 1. The summed E-state index contributed by atoms with van der Waals surface area (Å²) in [5.41, 5.74) is 7.98. The SMILES string of the molecule is CCc1ccc(C2CNCCN2C(=O)CN)cc1. The molecule has 1 unspecified atom stereocenters. The summed E-state index contributed by atoms with van der Waals surface area (Å²) in [5.74, 6) is 0.0288. The van der Waals surface area contributed by atoms with Crippen LogP contribution >= 0.6 is 0 Å². The van der Waals surface area contributed by atoms with Crippen LogP contribution < -0.4 is 11.1 Å². The Balaban J connectivity index is 2.19. The lowest BCUT2D eigenvalue weighted by atomic mass is 10.0. The summed E-state index contributed by atoms with van der Waals surface area (Å²) in [6.07, 6.45) is 1.04. The van der Waals surface area contributed by atoms with E-state index in [-0.39, 0.29) is 18.5 Å². The van der Waals surface area contributed by atoms with Gasteiger partial charge >= 0.3 is 0 Å². The number of carbonyl (C=O) groups excluding carboxylic acids is 1. The zero-order chi connectivity index (χ0) is 13.0.